The fourth-order valence-corrected chi connectivity index (χ4v) is 2.97. The summed E-state index contributed by atoms with van der Waals surface area (Å²) in [4.78, 5) is 25.9. The van der Waals surface area contributed by atoms with Crippen LogP contribution in [0.5, 0.6) is 0 Å². The van der Waals surface area contributed by atoms with Gasteiger partial charge in [0.25, 0.3) is 5.91 Å². The Labute approximate surface area is 148 Å². The van der Waals surface area contributed by atoms with Gasteiger partial charge in [0.05, 0.1) is 6.04 Å². The lowest BCUT2D eigenvalue weighted by Gasteiger charge is -2.18. The number of hydrogen-bond donors (Lipinski definition) is 2. The molecule has 25 heavy (non-hydrogen) atoms. The Morgan fingerprint density at radius 2 is 1.84 bits per heavy atom. The third kappa shape index (κ3) is 3.82. The molecule has 3 rings (SSSR count). The van der Waals surface area contributed by atoms with Crippen molar-refractivity contribution in [3.05, 3.63) is 65.2 Å². The fraction of sp³-hybridized carbons (Fsp3) is 0.300. The first kappa shape index (κ1) is 17.0. The van der Waals surface area contributed by atoms with Gasteiger partial charge in [0.15, 0.2) is 0 Å². The minimum atomic E-state index is -0.107. The molecule has 0 aromatic heterocycles. The molecule has 1 aliphatic rings. The van der Waals surface area contributed by atoms with Crippen LogP contribution in [0, 0.1) is 6.92 Å². The fourth-order valence-electron chi connectivity index (χ4n) is 2.97. The maximum absolute atomic E-state index is 12.5. The number of carbonyl (C=O) groups excluding carboxylic acids is 2. The van der Waals surface area contributed by atoms with Gasteiger partial charge < -0.3 is 10.6 Å². The van der Waals surface area contributed by atoms with Crippen LogP contribution in [0.3, 0.4) is 0 Å². The Hall–Kier alpha value is -2.82. The van der Waals surface area contributed by atoms with Crippen molar-refractivity contribution in [2.24, 2.45) is 0 Å². The Kier molecular flexibility index (Phi) is 5.03. The number of nitrogens with one attached hydrogen (secondary N) is 2. The van der Waals surface area contributed by atoms with Gasteiger partial charge in [0, 0.05) is 24.3 Å². The van der Waals surface area contributed by atoms with Gasteiger partial charge in [0.1, 0.15) is 0 Å². The third-order valence-electron chi connectivity index (χ3n) is 4.49. The maximum Gasteiger partial charge on any atom is 0.321 e. The standard InChI is InChI=1S/C20H23N3O2/c1-3-18(15-6-4-14(2)5-7-15)22-19(24)16-8-10-17(11-9-16)23-13-12-21-20(23)25/h4-11,18H,3,12-13H2,1-2H3,(H,21,25)(H,22,24). The number of rotatable bonds is 5. The molecule has 3 amide bonds. The van der Waals surface area contributed by atoms with Crippen LogP contribution in [0.2, 0.25) is 0 Å². The highest BCUT2D eigenvalue weighted by molar-refractivity contribution is 5.97. The van der Waals surface area contributed by atoms with Crippen molar-refractivity contribution in [1.82, 2.24) is 10.6 Å². The van der Waals surface area contributed by atoms with Gasteiger partial charge in [-0.3, -0.25) is 9.69 Å². The van der Waals surface area contributed by atoms with Crippen molar-refractivity contribution < 1.29 is 9.59 Å². The Morgan fingerprint density at radius 3 is 2.40 bits per heavy atom. The highest BCUT2D eigenvalue weighted by Crippen LogP contribution is 2.20. The molecule has 0 spiro atoms. The molecule has 2 aromatic carbocycles. The first-order valence-corrected chi connectivity index (χ1v) is 8.61. The zero-order valence-electron chi connectivity index (χ0n) is 14.6. The van der Waals surface area contributed by atoms with E-state index in [-0.39, 0.29) is 18.0 Å². The molecule has 1 saturated heterocycles. The second-order valence-corrected chi connectivity index (χ2v) is 6.28. The third-order valence-corrected chi connectivity index (χ3v) is 4.49. The Bertz CT molecular complexity index is 754. The number of benzene rings is 2. The summed E-state index contributed by atoms with van der Waals surface area (Å²) in [6, 6.07) is 15.3. The van der Waals surface area contributed by atoms with Crippen LogP contribution in [0.1, 0.15) is 40.9 Å². The molecule has 2 aromatic rings. The Morgan fingerprint density at radius 1 is 1.16 bits per heavy atom. The quantitative estimate of drug-likeness (QED) is 0.878. The molecule has 1 heterocycles. The van der Waals surface area contributed by atoms with E-state index in [1.54, 1.807) is 17.0 Å². The summed E-state index contributed by atoms with van der Waals surface area (Å²) in [5, 5.41) is 5.85. The lowest BCUT2D eigenvalue weighted by Crippen LogP contribution is -2.29. The minimum absolute atomic E-state index is 0.0165. The summed E-state index contributed by atoms with van der Waals surface area (Å²) >= 11 is 0. The molecule has 1 fully saturated rings. The van der Waals surface area contributed by atoms with E-state index in [1.807, 2.05) is 19.1 Å². The second-order valence-electron chi connectivity index (χ2n) is 6.28. The van der Waals surface area contributed by atoms with Crippen molar-refractivity contribution in [3.8, 4) is 0 Å². The summed E-state index contributed by atoms with van der Waals surface area (Å²) in [6.45, 7) is 5.40. The molecule has 130 valence electrons. The lowest BCUT2D eigenvalue weighted by molar-refractivity contribution is 0.0935. The molecular weight excluding hydrogens is 314 g/mol. The first-order chi connectivity index (χ1) is 12.1. The van der Waals surface area contributed by atoms with Crippen LogP contribution in [-0.4, -0.2) is 25.0 Å². The van der Waals surface area contributed by atoms with Gasteiger partial charge in [-0.05, 0) is 43.2 Å². The van der Waals surface area contributed by atoms with E-state index in [4.69, 9.17) is 0 Å². The van der Waals surface area contributed by atoms with Gasteiger partial charge in [-0.2, -0.15) is 0 Å². The minimum Gasteiger partial charge on any atom is -0.345 e. The van der Waals surface area contributed by atoms with E-state index in [2.05, 4.69) is 41.8 Å². The first-order valence-electron chi connectivity index (χ1n) is 8.61. The molecule has 5 heteroatoms. The summed E-state index contributed by atoms with van der Waals surface area (Å²) in [5.41, 5.74) is 3.70. The van der Waals surface area contributed by atoms with E-state index < -0.39 is 0 Å². The molecule has 1 aliphatic heterocycles. The topological polar surface area (TPSA) is 61.4 Å². The van der Waals surface area contributed by atoms with Gasteiger partial charge in [-0.25, -0.2) is 4.79 Å². The number of nitrogens with zero attached hydrogens (tertiary/aromatic N) is 1. The predicted molar refractivity (Wildman–Crippen MR) is 98.9 cm³/mol. The molecular formula is C20H23N3O2. The zero-order chi connectivity index (χ0) is 17.8. The van der Waals surface area contributed by atoms with Crippen LogP contribution in [0.4, 0.5) is 10.5 Å². The number of amides is 3. The predicted octanol–water partition coefficient (Wildman–Crippen LogP) is 3.41. The van der Waals surface area contributed by atoms with Crippen molar-refractivity contribution in [2.45, 2.75) is 26.3 Å². The van der Waals surface area contributed by atoms with Crippen LogP contribution in [-0.2, 0) is 0 Å². The molecule has 1 atom stereocenters. The van der Waals surface area contributed by atoms with Crippen LogP contribution in [0.25, 0.3) is 0 Å². The average molecular weight is 337 g/mol. The average Bonchev–Trinajstić information content (AvgIpc) is 3.06. The SMILES string of the molecule is CCC(NC(=O)c1ccc(N2CCNC2=O)cc1)c1ccc(C)cc1. The lowest BCUT2D eigenvalue weighted by atomic mass is 10.0. The summed E-state index contributed by atoms with van der Waals surface area (Å²) in [5.74, 6) is -0.107. The summed E-state index contributed by atoms with van der Waals surface area (Å²) in [6.07, 6.45) is 0.820. The van der Waals surface area contributed by atoms with Crippen molar-refractivity contribution in [1.29, 1.82) is 0 Å². The van der Waals surface area contributed by atoms with E-state index >= 15 is 0 Å². The van der Waals surface area contributed by atoms with E-state index in [0.29, 0.717) is 18.7 Å². The normalized spacial score (nSPS) is 15.0. The summed E-state index contributed by atoms with van der Waals surface area (Å²) < 4.78 is 0. The smallest absolute Gasteiger partial charge is 0.321 e. The molecule has 2 N–H and O–H groups in total. The van der Waals surface area contributed by atoms with Crippen LogP contribution < -0.4 is 15.5 Å². The number of anilines is 1. The maximum atomic E-state index is 12.5. The summed E-state index contributed by atoms with van der Waals surface area (Å²) in [7, 11) is 0. The van der Waals surface area contributed by atoms with Gasteiger partial charge >= 0.3 is 6.03 Å². The van der Waals surface area contributed by atoms with Gasteiger partial charge in [0.2, 0.25) is 0 Å². The van der Waals surface area contributed by atoms with E-state index in [1.165, 1.54) is 5.56 Å². The second kappa shape index (κ2) is 7.38. The van der Waals surface area contributed by atoms with Gasteiger partial charge in [-0.15, -0.1) is 0 Å². The Balaban J connectivity index is 1.69. The van der Waals surface area contributed by atoms with Crippen molar-refractivity contribution in [2.75, 3.05) is 18.0 Å². The van der Waals surface area contributed by atoms with E-state index in [9.17, 15) is 9.59 Å². The number of hydrogen-bond acceptors (Lipinski definition) is 2. The monoisotopic (exact) mass is 337 g/mol. The highest BCUT2D eigenvalue weighted by Gasteiger charge is 2.21. The number of aryl methyl sites for hydroxylation is 1. The zero-order valence-corrected chi connectivity index (χ0v) is 14.6. The van der Waals surface area contributed by atoms with Crippen molar-refractivity contribution >= 4 is 17.6 Å². The number of carbonyl (C=O) groups is 2. The molecule has 1 unspecified atom stereocenters. The van der Waals surface area contributed by atoms with Gasteiger partial charge in [-0.1, -0.05) is 36.8 Å². The molecule has 0 aliphatic carbocycles. The largest absolute Gasteiger partial charge is 0.345 e. The highest BCUT2D eigenvalue weighted by atomic mass is 16.2. The number of urea groups is 1. The van der Waals surface area contributed by atoms with Crippen LogP contribution >= 0.6 is 0 Å². The molecule has 5 nitrogen and oxygen atoms in total. The van der Waals surface area contributed by atoms with E-state index in [0.717, 1.165) is 17.7 Å². The van der Waals surface area contributed by atoms with Crippen molar-refractivity contribution in [3.63, 3.8) is 0 Å². The molecule has 0 radical (unpaired) electrons. The van der Waals surface area contributed by atoms with Crippen LogP contribution in [0.15, 0.2) is 48.5 Å². The molecule has 0 saturated carbocycles. The molecule has 0 bridgehead atoms.